The molecule has 0 atom stereocenters. The average molecular weight is 419 g/mol. The second-order valence-electron chi connectivity index (χ2n) is 5.75. The van der Waals surface area contributed by atoms with Crippen molar-refractivity contribution in [2.75, 3.05) is 20.3 Å². The van der Waals surface area contributed by atoms with Crippen LogP contribution in [0.3, 0.4) is 0 Å². The van der Waals surface area contributed by atoms with Gasteiger partial charge in [-0.3, -0.25) is 0 Å². The van der Waals surface area contributed by atoms with Crippen molar-refractivity contribution in [3.05, 3.63) is 56.5 Å². The summed E-state index contributed by atoms with van der Waals surface area (Å²) >= 11 is 18.3. The Morgan fingerprint density at radius 2 is 1.73 bits per heavy atom. The summed E-state index contributed by atoms with van der Waals surface area (Å²) in [5.74, 6) is 1.06. The molecule has 0 spiro atoms. The smallest absolute Gasteiger partial charge is 0.180 e. The predicted octanol–water partition coefficient (Wildman–Crippen LogP) is 5.10. The molecule has 0 unspecified atom stereocenters. The molecule has 0 aliphatic carbocycles. The molecule has 26 heavy (non-hydrogen) atoms. The van der Waals surface area contributed by atoms with E-state index in [9.17, 15) is 0 Å². The van der Waals surface area contributed by atoms with Gasteiger partial charge in [0.15, 0.2) is 11.5 Å². The third-order valence-electron chi connectivity index (χ3n) is 3.75. The summed E-state index contributed by atoms with van der Waals surface area (Å²) in [5, 5.41) is 13.6. The lowest BCUT2D eigenvalue weighted by Crippen LogP contribution is -2.15. The molecule has 0 aliphatic rings. The van der Waals surface area contributed by atoms with Gasteiger partial charge in [0.2, 0.25) is 0 Å². The Morgan fingerprint density at radius 3 is 2.42 bits per heavy atom. The van der Waals surface area contributed by atoms with E-state index in [0.29, 0.717) is 39.7 Å². The third-order valence-corrected chi connectivity index (χ3v) is 4.77. The Labute approximate surface area is 169 Å². The Kier molecular flexibility index (Phi) is 8.82. The first-order chi connectivity index (χ1) is 12.5. The van der Waals surface area contributed by atoms with Crippen LogP contribution in [-0.4, -0.2) is 25.4 Å². The first-order valence-electron chi connectivity index (χ1n) is 8.30. The van der Waals surface area contributed by atoms with Crippen molar-refractivity contribution in [3.63, 3.8) is 0 Å². The summed E-state index contributed by atoms with van der Waals surface area (Å²) in [5.41, 5.74) is 1.88. The molecule has 0 fully saturated rings. The summed E-state index contributed by atoms with van der Waals surface area (Å²) < 4.78 is 11.3. The van der Waals surface area contributed by atoms with Crippen molar-refractivity contribution in [1.29, 1.82) is 0 Å². The van der Waals surface area contributed by atoms with E-state index in [0.717, 1.165) is 30.5 Å². The van der Waals surface area contributed by atoms with Crippen molar-refractivity contribution in [2.24, 2.45) is 0 Å². The van der Waals surface area contributed by atoms with Crippen LogP contribution >= 0.6 is 34.8 Å². The van der Waals surface area contributed by atoms with Crippen LogP contribution in [-0.2, 0) is 13.2 Å². The van der Waals surface area contributed by atoms with Crippen LogP contribution in [0.4, 0.5) is 0 Å². The largest absolute Gasteiger partial charge is 0.493 e. The zero-order valence-corrected chi connectivity index (χ0v) is 16.8. The van der Waals surface area contributed by atoms with E-state index < -0.39 is 0 Å². The highest BCUT2D eigenvalue weighted by atomic mass is 35.5. The van der Waals surface area contributed by atoms with Gasteiger partial charge in [-0.25, -0.2) is 0 Å². The van der Waals surface area contributed by atoms with Gasteiger partial charge in [0, 0.05) is 13.2 Å². The summed E-state index contributed by atoms with van der Waals surface area (Å²) in [6.45, 7) is 2.00. The molecule has 0 saturated carbocycles. The lowest BCUT2D eigenvalue weighted by molar-refractivity contribution is 0.283. The van der Waals surface area contributed by atoms with E-state index in [1.165, 1.54) is 0 Å². The SMILES string of the molecule is COc1cc(CNCCCCO)cc(Cl)c1OCc1ccc(Cl)c(Cl)c1. The molecule has 142 valence electrons. The van der Waals surface area contributed by atoms with Gasteiger partial charge in [-0.1, -0.05) is 40.9 Å². The zero-order chi connectivity index (χ0) is 18.9. The number of hydrogen-bond donors (Lipinski definition) is 2. The molecule has 4 nitrogen and oxygen atoms in total. The van der Waals surface area contributed by atoms with Gasteiger partial charge in [-0.2, -0.15) is 0 Å². The summed E-state index contributed by atoms with van der Waals surface area (Å²) in [6.07, 6.45) is 1.71. The second-order valence-corrected chi connectivity index (χ2v) is 6.98. The minimum atomic E-state index is 0.214. The van der Waals surface area contributed by atoms with Crippen molar-refractivity contribution in [3.8, 4) is 11.5 Å². The summed E-state index contributed by atoms with van der Waals surface area (Å²) in [6, 6.07) is 9.09. The molecule has 2 aromatic rings. The van der Waals surface area contributed by atoms with Crippen LogP contribution in [0, 0.1) is 0 Å². The van der Waals surface area contributed by atoms with Gasteiger partial charge in [0.05, 0.1) is 22.2 Å². The Hall–Kier alpha value is -1.17. The number of ether oxygens (including phenoxy) is 2. The van der Waals surface area contributed by atoms with E-state index in [1.54, 1.807) is 19.2 Å². The van der Waals surface area contributed by atoms with Crippen LogP contribution in [0.15, 0.2) is 30.3 Å². The molecule has 0 saturated heterocycles. The molecule has 0 amide bonds. The maximum atomic E-state index is 8.79. The third kappa shape index (κ3) is 6.22. The number of benzene rings is 2. The molecule has 0 bridgehead atoms. The van der Waals surface area contributed by atoms with Crippen molar-refractivity contribution in [2.45, 2.75) is 26.0 Å². The Bertz CT molecular complexity index is 725. The molecule has 0 heterocycles. The summed E-state index contributed by atoms with van der Waals surface area (Å²) in [4.78, 5) is 0. The van der Waals surface area contributed by atoms with E-state index in [4.69, 9.17) is 49.4 Å². The lowest BCUT2D eigenvalue weighted by atomic mass is 10.2. The van der Waals surface area contributed by atoms with E-state index in [1.807, 2.05) is 18.2 Å². The number of unbranched alkanes of at least 4 members (excludes halogenated alkanes) is 1. The Morgan fingerprint density at radius 1 is 0.962 bits per heavy atom. The fourth-order valence-electron chi connectivity index (χ4n) is 2.39. The number of methoxy groups -OCH3 is 1. The average Bonchev–Trinajstić information content (AvgIpc) is 2.63. The summed E-state index contributed by atoms with van der Waals surface area (Å²) in [7, 11) is 1.58. The standard InChI is InChI=1S/C19H22Cl3NO3/c1-25-18-10-14(11-23-6-2-3-7-24)9-17(22)19(18)26-12-13-4-5-15(20)16(21)8-13/h4-5,8-10,23-24H,2-3,6-7,11-12H2,1H3. The van der Waals surface area contributed by atoms with E-state index in [2.05, 4.69) is 5.32 Å². The monoisotopic (exact) mass is 417 g/mol. The molecule has 0 radical (unpaired) electrons. The molecule has 7 heteroatoms. The van der Waals surface area contributed by atoms with Gasteiger partial charge in [-0.05, 0) is 54.8 Å². The quantitative estimate of drug-likeness (QED) is 0.527. The Balaban J connectivity index is 2.02. The number of nitrogens with one attached hydrogen (secondary N) is 1. The normalized spacial score (nSPS) is 10.8. The zero-order valence-electron chi connectivity index (χ0n) is 14.5. The van der Waals surface area contributed by atoms with Gasteiger partial charge in [0.1, 0.15) is 6.61 Å². The van der Waals surface area contributed by atoms with Crippen molar-refractivity contribution >= 4 is 34.8 Å². The maximum Gasteiger partial charge on any atom is 0.180 e. The van der Waals surface area contributed by atoms with Crippen molar-refractivity contribution in [1.82, 2.24) is 5.32 Å². The molecule has 0 aromatic heterocycles. The number of hydrogen-bond acceptors (Lipinski definition) is 4. The van der Waals surface area contributed by atoms with Gasteiger partial charge in [-0.15, -0.1) is 0 Å². The minimum Gasteiger partial charge on any atom is -0.493 e. The number of aliphatic hydroxyl groups is 1. The highest BCUT2D eigenvalue weighted by Crippen LogP contribution is 2.37. The fraction of sp³-hybridized carbons (Fsp3) is 0.368. The lowest BCUT2D eigenvalue weighted by Gasteiger charge is -2.15. The first-order valence-corrected chi connectivity index (χ1v) is 9.43. The van der Waals surface area contributed by atoms with Crippen LogP contribution in [0.25, 0.3) is 0 Å². The molecule has 0 aliphatic heterocycles. The fourth-order valence-corrected chi connectivity index (χ4v) is 3.00. The van der Waals surface area contributed by atoms with Crippen LogP contribution in [0.1, 0.15) is 24.0 Å². The van der Waals surface area contributed by atoms with E-state index >= 15 is 0 Å². The topological polar surface area (TPSA) is 50.7 Å². The van der Waals surface area contributed by atoms with E-state index in [-0.39, 0.29) is 6.61 Å². The van der Waals surface area contributed by atoms with Crippen LogP contribution in [0.5, 0.6) is 11.5 Å². The van der Waals surface area contributed by atoms with Crippen molar-refractivity contribution < 1.29 is 14.6 Å². The minimum absolute atomic E-state index is 0.214. The highest BCUT2D eigenvalue weighted by Gasteiger charge is 2.13. The molecular weight excluding hydrogens is 397 g/mol. The molecule has 2 rings (SSSR count). The predicted molar refractivity (Wildman–Crippen MR) is 107 cm³/mol. The molecule has 2 N–H and O–H groups in total. The molecular formula is C19H22Cl3NO3. The van der Waals surface area contributed by atoms with Crippen LogP contribution < -0.4 is 14.8 Å². The second kappa shape index (κ2) is 10.9. The maximum absolute atomic E-state index is 8.79. The number of rotatable bonds is 10. The first kappa shape index (κ1) is 21.1. The number of aliphatic hydroxyl groups excluding tert-OH is 1. The van der Waals surface area contributed by atoms with Gasteiger partial charge in [0.25, 0.3) is 0 Å². The van der Waals surface area contributed by atoms with Gasteiger partial charge >= 0.3 is 0 Å². The highest BCUT2D eigenvalue weighted by molar-refractivity contribution is 6.42. The van der Waals surface area contributed by atoms with Crippen LogP contribution in [0.2, 0.25) is 15.1 Å². The molecule has 2 aromatic carbocycles. The number of halogens is 3. The van der Waals surface area contributed by atoms with Gasteiger partial charge < -0.3 is 19.9 Å².